The molecule has 0 nitrogen and oxygen atoms in total. The van der Waals surface area contributed by atoms with E-state index in [4.69, 9.17) is 0 Å². The Kier molecular flexibility index (Phi) is 8.17. The number of hydrogen-bond donors (Lipinski definition) is 0. The zero-order chi connectivity index (χ0) is 28.9. The lowest BCUT2D eigenvalue weighted by Crippen LogP contribution is -2.25. The molecule has 0 unspecified atom stereocenters. The lowest BCUT2D eigenvalue weighted by atomic mass is 9.89. The molecule has 0 N–H and O–H groups in total. The molecule has 2 aliphatic rings. The molecule has 0 saturated heterocycles. The van der Waals surface area contributed by atoms with Crippen molar-refractivity contribution in [3.8, 4) is 0 Å². The monoisotopic (exact) mass is 546 g/mol. The summed E-state index contributed by atoms with van der Waals surface area (Å²) in [6.45, 7) is 23.9. The maximum atomic E-state index is 2.55. The normalized spacial score (nSPS) is 15.1. The largest absolute Gasteiger partial charge is 0.108 e. The van der Waals surface area contributed by atoms with Gasteiger partial charge in [0.1, 0.15) is 8.80 Å². The van der Waals surface area contributed by atoms with Crippen LogP contribution in [0.3, 0.4) is 0 Å². The molecule has 5 rings (SSSR count). The van der Waals surface area contributed by atoms with Gasteiger partial charge < -0.3 is 0 Å². The Bertz CT molecular complexity index is 1380. The van der Waals surface area contributed by atoms with E-state index >= 15 is 0 Å². The molecule has 3 aromatic carbocycles. The maximum Gasteiger partial charge on any atom is 0.108 e. The molecule has 0 atom stereocenters. The highest BCUT2D eigenvalue weighted by Crippen LogP contribution is 2.48. The fourth-order valence-electron chi connectivity index (χ4n) is 7.35. The van der Waals surface area contributed by atoms with Crippen molar-refractivity contribution in [3.63, 3.8) is 0 Å². The van der Waals surface area contributed by atoms with Gasteiger partial charge in [0.25, 0.3) is 0 Å². The highest BCUT2D eigenvalue weighted by atomic mass is 28.3. The van der Waals surface area contributed by atoms with E-state index in [1.54, 1.807) is 54.9 Å². The Balaban J connectivity index is 1.76. The molecular formula is C39H50Si. The summed E-state index contributed by atoms with van der Waals surface area (Å²) in [6.07, 6.45) is 2.23. The van der Waals surface area contributed by atoms with E-state index in [0.717, 1.165) is 12.8 Å². The van der Waals surface area contributed by atoms with Crippen molar-refractivity contribution in [1.29, 1.82) is 0 Å². The van der Waals surface area contributed by atoms with Crippen molar-refractivity contribution in [1.82, 2.24) is 0 Å². The predicted octanol–water partition coefficient (Wildman–Crippen LogP) is 10.6. The zero-order valence-corrected chi connectivity index (χ0v) is 27.9. The van der Waals surface area contributed by atoms with Crippen LogP contribution in [0.25, 0.3) is 10.4 Å². The van der Waals surface area contributed by atoms with Gasteiger partial charge in [0, 0.05) is 0 Å². The SMILES string of the molecule is CC1=C([SiH](Cc2ccccc2)C2=C(C)Cc3cc(C(C)C)cc(C(C)C)c32)c2c(cc(C(C)C)cc2C(C)C)C1. The molecular weight excluding hydrogens is 497 g/mol. The summed E-state index contributed by atoms with van der Waals surface area (Å²) in [5.74, 6) is 2.15. The van der Waals surface area contributed by atoms with Crippen molar-refractivity contribution < 1.29 is 0 Å². The molecule has 0 radical (unpaired) electrons. The summed E-state index contributed by atoms with van der Waals surface area (Å²) in [7, 11) is -1.62. The second-order valence-corrected chi connectivity index (χ2v) is 16.6. The molecule has 1 heteroatoms. The van der Waals surface area contributed by atoms with E-state index < -0.39 is 8.80 Å². The third-order valence-corrected chi connectivity index (χ3v) is 13.3. The number of allylic oxidation sites excluding steroid dienone is 2. The summed E-state index contributed by atoms with van der Waals surface area (Å²) in [5, 5.41) is 3.51. The average Bonchev–Trinajstić information content (AvgIpc) is 3.41. The smallest absolute Gasteiger partial charge is 0.0689 e. The standard InChI is InChI=1S/C39H50Si/c1-23(2)30-18-32-16-27(9)38(36(32)34(20-30)25(5)6)40(22-29-14-12-11-13-15-29)39-28(10)17-33-19-31(24(3)4)21-35(26(7)8)37(33)39/h11-15,18-21,23-26,40H,16-17,22H2,1-10H3. The quantitative estimate of drug-likeness (QED) is 0.246. The lowest BCUT2D eigenvalue weighted by molar-refractivity contribution is 0.828. The van der Waals surface area contributed by atoms with E-state index in [2.05, 4.69) is 124 Å². The molecule has 40 heavy (non-hydrogen) atoms. The maximum absolute atomic E-state index is 2.55. The topological polar surface area (TPSA) is 0 Å². The fourth-order valence-corrected chi connectivity index (χ4v) is 11.6. The summed E-state index contributed by atoms with van der Waals surface area (Å²) in [6, 6.07) is 22.8. The van der Waals surface area contributed by atoms with Gasteiger partial charge in [-0.25, -0.2) is 0 Å². The minimum atomic E-state index is -1.62. The third-order valence-electron chi connectivity index (χ3n) is 9.47. The molecule has 0 bridgehead atoms. The van der Waals surface area contributed by atoms with Crippen LogP contribution in [0, 0.1) is 0 Å². The van der Waals surface area contributed by atoms with Crippen LogP contribution in [-0.4, -0.2) is 8.80 Å². The molecule has 210 valence electrons. The zero-order valence-electron chi connectivity index (χ0n) is 26.7. The molecule has 0 fully saturated rings. The minimum absolute atomic E-state index is 0.519. The van der Waals surface area contributed by atoms with E-state index in [-0.39, 0.29) is 0 Å². The molecule has 3 aromatic rings. The Morgan fingerprint density at radius 2 is 1.00 bits per heavy atom. The number of rotatable bonds is 8. The van der Waals surface area contributed by atoms with E-state index in [0.29, 0.717) is 23.7 Å². The average molecular weight is 547 g/mol. The summed E-state index contributed by atoms with van der Waals surface area (Å²) in [5.41, 5.74) is 17.3. The predicted molar refractivity (Wildman–Crippen MR) is 179 cm³/mol. The third kappa shape index (κ3) is 5.23. The van der Waals surface area contributed by atoms with Crippen LogP contribution >= 0.6 is 0 Å². The van der Waals surface area contributed by atoms with Gasteiger partial charge in [-0.15, -0.1) is 0 Å². The van der Waals surface area contributed by atoms with Gasteiger partial charge in [0.05, 0.1) is 0 Å². The molecule has 0 aliphatic heterocycles. The first-order valence-corrected chi connectivity index (χ1v) is 17.7. The lowest BCUT2D eigenvalue weighted by Gasteiger charge is -2.28. The van der Waals surface area contributed by atoms with E-state index in [1.165, 1.54) is 22.7 Å². The summed E-state index contributed by atoms with van der Waals surface area (Å²) >= 11 is 0. The number of benzene rings is 3. The van der Waals surface area contributed by atoms with Gasteiger partial charge in [0.2, 0.25) is 0 Å². The van der Waals surface area contributed by atoms with Crippen molar-refractivity contribution >= 4 is 19.2 Å². The van der Waals surface area contributed by atoms with E-state index in [1.807, 2.05) is 0 Å². The van der Waals surface area contributed by atoms with Gasteiger partial charge in [-0.05, 0) is 101 Å². The Morgan fingerprint density at radius 3 is 1.38 bits per heavy atom. The summed E-state index contributed by atoms with van der Waals surface area (Å²) in [4.78, 5) is 0. The number of fused-ring (bicyclic) bond motifs is 2. The Morgan fingerprint density at radius 1 is 0.575 bits per heavy atom. The van der Waals surface area contributed by atoms with Crippen LogP contribution in [0.1, 0.15) is 143 Å². The van der Waals surface area contributed by atoms with Gasteiger partial charge in [-0.1, -0.05) is 137 Å². The van der Waals surface area contributed by atoms with Gasteiger partial charge >= 0.3 is 0 Å². The second kappa shape index (κ2) is 11.3. The van der Waals surface area contributed by atoms with Crippen LogP contribution in [0.15, 0.2) is 65.7 Å². The molecule has 0 aromatic heterocycles. The Labute approximate surface area is 246 Å². The van der Waals surface area contributed by atoms with Gasteiger partial charge in [0.15, 0.2) is 0 Å². The second-order valence-electron chi connectivity index (χ2n) is 13.9. The highest BCUT2D eigenvalue weighted by molar-refractivity contribution is 6.94. The van der Waals surface area contributed by atoms with Crippen LogP contribution in [0.2, 0.25) is 0 Å². The molecule has 0 spiro atoms. The fraction of sp³-hybridized carbons (Fsp3) is 0.436. The molecule has 0 amide bonds. The van der Waals surface area contributed by atoms with Gasteiger partial charge in [-0.3, -0.25) is 0 Å². The van der Waals surface area contributed by atoms with Crippen molar-refractivity contribution in [3.05, 3.63) is 116 Å². The van der Waals surface area contributed by atoms with Crippen LogP contribution in [-0.2, 0) is 18.9 Å². The Hall–Kier alpha value is -2.64. The summed E-state index contributed by atoms with van der Waals surface area (Å²) < 4.78 is 0. The minimum Gasteiger partial charge on any atom is -0.0689 e. The molecule has 2 aliphatic carbocycles. The van der Waals surface area contributed by atoms with Crippen molar-refractivity contribution in [2.24, 2.45) is 0 Å². The first-order chi connectivity index (χ1) is 19.0. The van der Waals surface area contributed by atoms with Gasteiger partial charge in [-0.2, -0.15) is 0 Å². The van der Waals surface area contributed by atoms with Crippen molar-refractivity contribution in [2.45, 2.75) is 112 Å². The van der Waals surface area contributed by atoms with E-state index in [9.17, 15) is 0 Å². The van der Waals surface area contributed by atoms with Crippen molar-refractivity contribution in [2.75, 3.05) is 0 Å². The number of hydrogen-bond acceptors (Lipinski definition) is 0. The molecule has 0 saturated carbocycles. The van der Waals surface area contributed by atoms with Crippen LogP contribution in [0.5, 0.6) is 0 Å². The first-order valence-electron chi connectivity index (χ1n) is 15.7. The van der Waals surface area contributed by atoms with Crippen LogP contribution < -0.4 is 0 Å². The highest BCUT2D eigenvalue weighted by Gasteiger charge is 2.37. The molecule has 0 heterocycles. The van der Waals surface area contributed by atoms with Crippen LogP contribution in [0.4, 0.5) is 0 Å². The first kappa shape index (κ1) is 28.9.